The van der Waals surface area contributed by atoms with Gasteiger partial charge in [-0.15, -0.1) is 11.3 Å². The van der Waals surface area contributed by atoms with Gasteiger partial charge in [-0.05, 0) is 60.6 Å². The van der Waals surface area contributed by atoms with Crippen LogP contribution in [0.2, 0.25) is 0 Å². The number of piperazine rings is 1. The molecule has 6 nitrogen and oxygen atoms in total. The van der Waals surface area contributed by atoms with E-state index in [1.807, 2.05) is 7.05 Å². The van der Waals surface area contributed by atoms with Gasteiger partial charge in [0.2, 0.25) is 0 Å². The molecule has 0 saturated carbocycles. The molecule has 4 aromatic rings. The Bertz CT molecular complexity index is 1430. The van der Waals surface area contributed by atoms with E-state index < -0.39 is 0 Å². The second-order valence-electron chi connectivity index (χ2n) is 9.82. The zero-order valence-corrected chi connectivity index (χ0v) is 22.1. The van der Waals surface area contributed by atoms with Gasteiger partial charge in [0.25, 0.3) is 5.91 Å². The number of hydrogen-bond donors (Lipinski definition) is 3. The van der Waals surface area contributed by atoms with Gasteiger partial charge in [0.05, 0.1) is 5.69 Å². The van der Waals surface area contributed by atoms with Gasteiger partial charge >= 0.3 is 0 Å². The molecule has 2 aromatic heterocycles. The van der Waals surface area contributed by atoms with Gasteiger partial charge in [0.1, 0.15) is 9.71 Å². The summed E-state index contributed by atoms with van der Waals surface area (Å²) in [5, 5.41) is 10.9. The standard InChI is InChI=1S/C30H33N5OS/c1-31-27-24-19-22-8-5-9-25(22)34-30(24)37-28(27)29(36)33-13-12-20-10-11-26(35-16-14-32-15-17-35)23(18-20)21-6-3-2-4-7-21/h2-4,6-7,10-11,18-19,31-32H,5,8-9,12-17H2,1H3,(H,33,36). The Morgan fingerprint density at radius 3 is 2.73 bits per heavy atom. The molecule has 2 aliphatic rings. The maximum atomic E-state index is 13.2. The second-order valence-corrected chi connectivity index (χ2v) is 10.8. The molecule has 0 spiro atoms. The predicted molar refractivity (Wildman–Crippen MR) is 154 cm³/mol. The summed E-state index contributed by atoms with van der Waals surface area (Å²) in [6.45, 7) is 4.62. The predicted octanol–water partition coefficient (Wildman–Crippen LogP) is 4.88. The maximum Gasteiger partial charge on any atom is 0.263 e. The highest BCUT2D eigenvalue weighted by Crippen LogP contribution is 2.37. The van der Waals surface area contributed by atoms with Crippen LogP contribution >= 0.6 is 11.3 Å². The number of hydrogen-bond acceptors (Lipinski definition) is 6. The molecule has 37 heavy (non-hydrogen) atoms. The van der Waals surface area contributed by atoms with Crippen molar-refractivity contribution >= 4 is 38.8 Å². The molecule has 1 aliphatic carbocycles. The van der Waals surface area contributed by atoms with Crippen molar-refractivity contribution in [2.45, 2.75) is 25.7 Å². The number of nitrogens with one attached hydrogen (secondary N) is 3. The molecule has 0 unspecified atom stereocenters. The zero-order valence-electron chi connectivity index (χ0n) is 21.3. The van der Waals surface area contributed by atoms with Crippen LogP contribution in [0.3, 0.4) is 0 Å². The Hall–Kier alpha value is -3.42. The summed E-state index contributed by atoms with van der Waals surface area (Å²) in [6.07, 6.45) is 4.07. The number of benzene rings is 2. The minimum Gasteiger partial charge on any atom is -0.386 e. The number of thiophene rings is 1. The molecular weight excluding hydrogens is 478 g/mol. The summed E-state index contributed by atoms with van der Waals surface area (Å²) in [6, 6.07) is 19.6. The number of carbonyl (C=O) groups excluding carboxylic acids is 1. The quantitative estimate of drug-likeness (QED) is 0.330. The Balaban J connectivity index is 1.19. The number of nitrogens with zero attached hydrogens (tertiary/aromatic N) is 2. The normalized spacial score (nSPS) is 15.1. The molecule has 6 rings (SSSR count). The van der Waals surface area contributed by atoms with Crippen molar-refractivity contribution in [2.24, 2.45) is 0 Å². The maximum absolute atomic E-state index is 13.2. The van der Waals surface area contributed by atoms with Crippen LogP contribution in [-0.2, 0) is 19.3 Å². The highest BCUT2D eigenvalue weighted by atomic mass is 32.1. The molecular formula is C30H33N5OS. The van der Waals surface area contributed by atoms with Crippen molar-refractivity contribution < 1.29 is 4.79 Å². The van der Waals surface area contributed by atoms with Crippen LogP contribution in [0.15, 0.2) is 54.6 Å². The molecule has 3 N–H and O–H groups in total. The zero-order chi connectivity index (χ0) is 25.2. The van der Waals surface area contributed by atoms with Gasteiger partial charge in [-0.2, -0.15) is 0 Å². The third-order valence-corrected chi connectivity index (χ3v) is 8.57. The van der Waals surface area contributed by atoms with Gasteiger partial charge in [-0.3, -0.25) is 4.79 Å². The van der Waals surface area contributed by atoms with E-state index in [0.717, 1.165) is 61.3 Å². The molecule has 0 atom stereocenters. The largest absolute Gasteiger partial charge is 0.386 e. The van der Waals surface area contributed by atoms with E-state index in [4.69, 9.17) is 4.98 Å². The highest BCUT2D eigenvalue weighted by molar-refractivity contribution is 7.21. The summed E-state index contributed by atoms with van der Waals surface area (Å²) >= 11 is 1.49. The number of anilines is 2. The number of fused-ring (bicyclic) bond motifs is 2. The minimum absolute atomic E-state index is 0.0340. The molecule has 3 heterocycles. The van der Waals surface area contributed by atoms with E-state index in [0.29, 0.717) is 11.4 Å². The minimum atomic E-state index is -0.0340. The molecule has 190 valence electrons. The fourth-order valence-corrected chi connectivity index (χ4v) is 6.66. The summed E-state index contributed by atoms with van der Waals surface area (Å²) in [5.41, 5.74) is 8.41. The average Bonchev–Trinajstić information content (AvgIpc) is 3.56. The third kappa shape index (κ3) is 4.81. The van der Waals surface area contributed by atoms with Gasteiger partial charge in [0, 0.05) is 62.1 Å². The van der Waals surface area contributed by atoms with Crippen LogP contribution in [0.4, 0.5) is 11.4 Å². The van der Waals surface area contributed by atoms with Gasteiger partial charge in [0.15, 0.2) is 0 Å². The van der Waals surface area contributed by atoms with Crippen LogP contribution in [0.1, 0.15) is 32.9 Å². The van der Waals surface area contributed by atoms with E-state index in [-0.39, 0.29) is 5.91 Å². The van der Waals surface area contributed by atoms with E-state index in [2.05, 4.69) is 75.4 Å². The fourth-order valence-electron chi connectivity index (χ4n) is 5.56. The molecule has 2 aromatic carbocycles. The lowest BCUT2D eigenvalue weighted by molar-refractivity contribution is 0.0959. The Labute approximate surface area is 222 Å². The van der Waals surface area contributed by atoms with Crippen molar-refractivity contribution in [2.75, 3.05) is 50.0 Å². The van der Waals surface area contributed by atoms with E-state index in [9.17, 15) is 4.79 Å². The van der Waals surface area contributed by atoms with Crippen LogP contribution in [-0.4, -0.2) is 50.7 Å². The number of aromatic nitrogens is 1. The number of rotatable bonds is 7. The lowest BCUT2D eigenvalue weighted by Crippen LogP contribution is -2.43. The Morgan fingerprint density at radius 1 is 1.08 bits per heavy atom. The second kappa shape index (κ2) is 10.5. The number of amides is 1. The van der Waals surface area contributed by atoms with Gasteiger partial charge in [-0.1, -0.05) is 36.4 Å². The smallest absolute Gasteiger partial charge is 0.263 e. The molecule has 1 fully saturated rings. The van der Waals surface area contributed by atoms with Gasteiger partial charge < -0.3 is 20.9 Å². The van der Waals surface area contributed by atoms with Crippen molar-refractivity contribution in [1.29, 1.82) is 0 Å². The molecule has 1 amide bonds. The highest BCUT2D eigenvalue weighted by Gasteiger charge is 2.22. The first kappa shape index (κ1) is 23.9. The summed E-state index contributed by atoms with van der Waals surface area (Å²) in [4.78, 5) is 22.2. The molecule has 0 bridgehead atoms. The molecule has 1 saturated heterocycles. The monoisotopic (exact) mass is 511 g/mol. The van der Waals surface area contributed by atoms with Crippen LogP contribution in [0.25, 0.3) is 21.3 Å². The molecule has 1 aliphatic heterocycles. The third-order valence-electron chi connectivity index (χ3n) is 7.47. The topological polar surface area (TPSA) is 69.3 Å². The molecule has 0 radical (unpaired) electrons. The molecule has 7 heteroatoms. The van der Waals surface area contributed by atoms with Crippen LogP contribution in [0, 0.1) is 0 Å². The lowest BCUT2D eigenvalue weighted by Gasteiger charge is -2.31. The van der Waals surface area contributed by atoms with Crippen molar-refractivity contribution in [3.8, 4) is 11.1 Å². The summed E-state index contributed by atoms with van der Waals surface area (Å²) in [7, 11) is 1.89. The first-order valence-electron chi connectivity index (χ1n) is 13.3. The van der Waals surface area contributed by atoms with E-state index in [1.54, 1.807) is 0 Å². The van der Waals surface area contributed by atoms with E-state index >= 15 is 0 Å². The van der Waals surface area contributed by atoms with Crippen molar-refractivity contribution in [1.82, 2.24) is 15.6 Å². The number of aryl methyl sites for hydroxylation is 2. The van der Waals surface area contributed by atoms with Crippen LogP contribution in [0.5, 0.6) is 0 Å². The van der Waals surface area contributed by atoms with Crippen molar-refractivity contribution in [3.05, 3.63) is 76.3 Å². The van der Waals surface area contributed by atoms with E-state index in [1.165, 1.54) is 51.4 Å². The lowest BCUT2D eigenvalue weighted by atomic mass is 9.98. The number of pyridine rings is 1. The Morgan fingerprint density at radius 2 is 1.92 bits per heavy atom. The van der Waals surface area contributed by atoms with Crippen molar-refractivity contribution in [3.63, 3.8) is 0 Å². The first-order chi connectivity index (χ1) is 18.2. The SMILES string of the molecule is CNc1c(C(=O)NCCc2ccc(N3CCNCC3)c(-c3ccccc3)c2)sc2nc3c(cc12)CCC3. The summed E-state index contributed by atoms with van der Waals surface area (Å²) < 4.78 is 0. The Kier molecular flexibility index (Phi) is 6.81. The summed E-state index contributed by atoms with van der Waals surface area (Å²) in [5.74, 6) is -0.0340. The fraction of sp³-hybridized carbons (Fsp3) is 0.333. The number of carbonyl (C=O) groups is 1. The average molecular weight is 512 g/mol. The van der Waals surface area contributed by atoms with Gasteiger partial charge in [-0.25, -0.2) is 4.98 Å². The first-order valence-corrected chi connectivity index (χ1v) is 14.1. The van der Waals surface area contributed by atoms with Crippen LogP contribution < -0.4 is 20.9 Å².